The van der Waals surface area contributed by atoms with E-state index in [2.05, 4.69) is 5.32 Å². The maximum Gasteiger partial charge on any atom is 0.410 e. The number of hydrogen-bond acceptors (Lipinski definition) is 4. The van der Waals surface area contributed by atoms with Gasteiger partial charge < -0.3 is 20.1 Å². The number of carbonyl (C=O) groups excluding carboxylic acids is 1. The Morgan fingerprint density at radius 1 is 1.29 bits per heavy atom. The summed E-state index contributed by atoms with van der Waals surface area (Å²) in [6.07, 6.45) is 1.57. The van der Waals surface area contributed by atoms with Crippen molar-refractivity contribution >= 4 is 17.7 Å². The molecule has 0 aliphatic carbocycles. The van der Waals surface area contributed by atoms with Crippen LogP contribution < -0.4 is 5.32 Å². The molecule has 2 N–H and O–H groups in total. The van der Waals surface area contributed by atoms with Gasteiger partial charge in [-0.25, -0.2) is 9.59 Å². The quantitative estimate of drug-likeness (QED) is 0.882. The molecular weight excluding hydrogens is 308 g/mol. The number of hydrogen-bond donors (Lipinski definition) is 2. The molecule has 1 heterocycles. The molecule has 6 nitrogen and oxygen atoms in total. The highest BCUT2D eigenvalue weighted by Crippen LogP contribution is 2.21. The molecule has 6 heteroatoms. The monoisotopic (exact) mass is 334 g/mol. The number of amides is 1. The van der Waals surface area contributed by atoms with Gasteiger partial charge in [-0.05, 0) is 57.7 Å². The van der Waals surface area contributed by atoms with Crippen molar-refractivity contribution in [2.75, 3.05) is 25.0 Å². The molecule has 0 saturated carbocycles. The number of piperidine rings is 1. The molecule has 0 radical (unpaired) electrons. The minimum absolute atomic E-state index is 0.247. The Balaban J connectivity index is 1.78. The highest BCUT2D eigenvalue weighted by Gasteiger charge is 2.26. The molecule has 1 aliphatic heterocycles. The number of aromatic carboxylic acids is 1. The van der Waals surface area contributed by atoms with E-state index in [9.17, 15) is 9.59 Å². The molecular formula is C18H26N2O4. The molecule has 1 amide bonds. The molecule has 1 aliphatic rings. The summed E-state index contributed by atoms with van der Waals surface area (Å²) >= 11 is 0. The van der Waals surface area contributed by atoms with Crippen LogP contribution in [0.5, 0.6) is 0 Å². The first kappa shape index (κ1) is 18.1. The van der Waals surface area contributed by atoms with Crippen molar-refractivity contribution in [3.63, 3.8) is 0 Å². The summed E-state index contributed by atoms with van der Waals surface area (Å²) in [5.41, 5.74) is 0.620. The van der Waals surface area contributed by atoms with Gasteiger partial charge in [-0.2, -0.15) is 0 Å². The molecule has 2 rings (SSSR count). The van der Waals surface area contributed by atoms with Crippen LogP contribution in [0.25, 0.3) is 0 Å². The van der Waals surface area contributed by atoms with E-state index in [-0.39, 0.29) is 11.7 Å². The van der Waals surface area contributed by atoms with Crippen molar-refractivity contribution in [1.29, 1.82) is 0 Å². The van der Waals surface area contributed by atoms with Crippen molar-refractivity contribution in [2.45, 2.75) is 39.2 Å². The Hall–Kier alpha value is -2.24. The lowest BCUT2D eigenvalue weighted by Crippen LogP contribution is -2.42. The van der Waals surface area contributed by atoms with Crippen LogP contribution in [-0.2, 0) is 4.74 Å². The fourth-order valence-electron chi connectivity index (χ4n) is 2.67. The van der Waals surface area contributed by atoms with Gasteiger partial charge in [0.1, 0.15) is 5.60 Å². The predicted octanol–water partition coefficient (Wildman–Crippen LogP) is 3.44. The van der Waals surface area contributed by atoms with Crippen molar-refractivity contribution in [3.8, 4) is 0 Å². The minimum Gasteiger partial charge on any atom is -0.478 e. The number of ether oxygens (including phenoxy) is 1. The highest BCUT2D eigenvalue weighted by molar-refractivity contribution is 5.88. The SMILES string of the molecule is CC(C)(C)OC(=O)N1CCC(CNc2cccc(C(=O)O)c2)CC1. The van der Waals surface area contributed by atoms with Crippen LogP contribution in [-0.4, -0.2) is 47.3 Å². The Labute approximate surface area is 142 Å². The Kier molecular flexibility index (Phi) is 5.70. The van der Waals surface area contributed by atoms with Crippen molar-refractivity contribution in [3.05, 3.63) is 29.8 Å². The normalized spacial score (nSPS) is 15.9. The minimum atomic E-state index is -0.927. The Bertz CT molecular complexity index is 587. The first-order chi connectivity index (χ1) is 11.2. The van der Waals surface area contributed by atoms with Crippen LogP contribution >= 0.6 is 0 Å². The molecule has 0 unspecified atom stereocenters. The third-order valence-electron chi connectivity index (χ3n) is 3.97. The summed E-state index contributed by atoms with van der Waals surface area (Å²) in [6, 6.07) is 6.81. The molecule has 132 valence electrons. The summed E-state index contributed by atoms with van der Waals surface area (Å²) in [7, 11) is 0. The second-order valence-corrected chi connectivity index (χ2v) is 7.18. The van der Waals surface area contributed by atoms with Crippen LogP contribution in [0.15, 0.2) is 24.3 Å². The van der Waals surface area contributed by atoms with Crippen LogP contribution in [0.1, 0.15) is 44.0 Å². The van der Waals surface area contributed by atoms with Gasteiger partial charge in [-0.1, -0.05) is 6.07 Å². The number of rotatable bonds is 4. The second-order valence-electron chi connectivity index (χ2n) is 7.18. The molecule has 0 atom stereocenters. The van der Waals surface area contributed by atoms with Gasteiger partial charge in [0, 0.05) is 25.3 Å². The fraction of sp³-hybridized carbons (Fsp3) is 0.556. The zero-order valence-corrected chi connectivity index (χ0v) is 14.5. The number of carbonyl (C=O) groups is 2. The molecule has 0 bridgehead atoms. The fourth-order valence-corrected chi connectivity index (χ4v) is 2.67. The van der Waals surface area contributed by atoms with E-state index in [1.165, 1.54) is 0 Å². The summed E-state index contributed by atoms with van der Waals surface area (Å²) < 4.78 is 5.39. The average molecular weight is 334 g/mol. The molecule has 1 aromatic carbocycles. The smallest absolute Gasteiger partial charge is 0.410 e. The zero-order chi connectivity index (χ0) is 17.7. The van der Waals surface area contributed by atoms with Gasteiger partial charge in [-0.15, -0.1) is 0 Å². The highest BCUT2D eigenvalue weighted by atomic mass is 16.6. The summed E-state index contributed by atoms with van der Waals surface area (Å²) in [6.45, 7) is 7.75. The first-order valence-corrected chi connectivity index (χ1v) is 8.30. The van der Waals surface area contributed by atoms with Crippen LogP contribution in [0.4, 0.5) is 10.5 Å². The number of carboxylic acid groups (broad SMARTS) is 1. The third-order valence-corrected chi connectivity index (χ3v) is 3.97. The molecule has 24 heavy (non-hydrogen) atoms. The second kappa shape index (κ2) is 7.55. The number of nitrogens with one attached hydrogen (secondary N) is 1. The lowest BCUT2D eigenvalue weighted by Gasteiger charge is -2.33. The zero-order valence-electron chi connectivity index (χ0n) is 14.5. The van der Waals surface area contributed by atoms with E-state index in [4.69, 9.17) is 9.84 Å². The third kappa shape index (κ3) is 5.44. The summed E-state index contributed by atoms with van der Waals surface area (Å²) in [4.78, 5) is 24.8. The van der Waals surface area contributed by atoms with Gasteiger partial charge in [-0.3, -0.25) is 0 Å². The Morgan fingerprint density at radius 3 is 2.54 bits per heavy atom. The average Bonchev–Trinajstić information content (AvgIpc) is 2.52. The summed E-state index contributed by atoms with van der Waals surface area (Å²) in [5, 5.41) is 12.3. The number of anilines is 1. The number of nitrogens with zero attached hydrogens (tertiary/aromatic N) is 1. The van der Waals surface area contributed by atoms with Crippen LogP contribution in [0.2, 0.25) is 0 Å². The van der Waals surface area contributed by atoms with E-state index in [0.717, 1.165) is 25.1 Å². The lowest BCUT2D eigenvalue weighted by molar-refractivity contribution is 0.0188. The topological polar surface area (TPSA) is 78.9 Å². The van der Waals surface area contributed by atoms with E-state index in [1.54, 1.807) is 23.1 Å². The standard InChI is InChI=1S/C18H26N2O4/c1-18(2,3)24-17(23)20-9-7-13(8-10-20)12-19-15-6-4-5-14(11-15)16(21)22/h4-6,11,13,19H,7-10,12H2,1-3H3,(H,21,22). The molecule has 1 fully saturated rings. The van der Waals surface area contributed by atoms with E-state index in [0.29, 0.717) is 19.0 Å². The van der Waals surface area contributed by atoms with Gasteiger partial charge in [0.15, 0.2) is 0 Å². The van der Waals surface area contributed by atoms with Gasteiger partial charge in [0.05, 0.1) is 5.56 Å². The van der Waals surface area contributed by atoms with Gasteiger partial charge in [0.25, 0.3) is 0 Å². The van der Waals surface area contributed by atoms with Crippen molar-refractivity contribution in [2.24, 2.45) is 5.92 Å². The molecule has 1 saturated heterocycles. The van der Waals surface area contributed by atoms with Gasteiger partial charge >= 0.3 is 12.1 Å². The Morgan fingerprint density at radius 2 is 1.96 bits per heavy atom. The van der Waals surface area contributed by atoms with Crippen LogP contribution in [0.3, 0.4) is 0 Å². The van der Waals surface area contributed by atoms with Crippen molar-refractivity contribution < 1.29 is 19.4 Å². The molecule has 1 aromatic rings. The van der Waals surface area contributed by atoms with Crippen LogP contribution in [0, 0.1) is 5.92 Å². The largest absolute Gasteiger partial charge is 0.478 e. The predicted molar refractivity (Wildman–Crippen MR) is 92.4 cm³/mol. The molecule has 0 spiro atoms. The lowest BCUT2D eigenvalue weighted by atomic mass is 9.97. The number of likely N-dealkylation sites (tertiary alicyclic amines) is 1. The van der Waals surface area contributed by atoms with E-state index < -0.39 is 11.6 Å². The summed E-state index contributed by atoms with van der Waals surface area (Å²) in [5.74, 6) is -0.471. The first-order valence-electron chi connectivity index (χ1n) is 8.30. The molecule has 0 aromatic heterocycles. The van der Waals surface area contributed by atoms with Gasteiger partial charge in [0.2, 0.25) is 0 Å². The van der Waals surface area contributed by atoms with E-state index >= 15 is 0 Å². The number of benzene rings is 1. The van der Waals surface area contributed by atoms with E-state index in [1.807, 2.05) is 26.8 Å². The maximum atomic E-state index is 12.0. The maximum absolute atomic E-state index is 12.0. The van der Waals surface area contributed by atoms with Crippen molar-refractivity contribution in [1.82, 2.24) is 4.90 Å². The number of carboxylic acids is 1.